The molecule has 0 spiro atoms. The first-order valence-electron chi connectivity index (χ1n) is 27.9. The molecular formula is C56H112N2O3. The van der Waals surface area contributed by atoms with E-state index in [1.54, 1.807) is 0 Å². The van der Waals surface area contributed by atoms with Gasteiger partial charge in [-0.2, -0.15) is 0 Å². The van der Waals surface area contributed by atoms with Crippen molar-refractivity contribution in [3.8, 4) is 0 Å². The van der Waals surface area contributed by atoms with Gasteiger partial charge in [0.2, 0.25) is 11.8 Å². The van der Waals surface area contributed by atoms with Gasteiger partial charge < -0.3 is 15.4 Å². The highest BCUT2D eigenvalue weighted by atomic mass is 16.5. The summed E-state index contributed by atoms with van der Waals surface area (Å²) < 4.78 is 6.04. The van der Waals surface area contributed by atoms with Crippen LogP contribution in [0.5, 0.6) is 0 Å². The van der Waals surface area contributed by atoms with Crippen molar-refractivity contribution in [2.45, 2.75) is 317 Å². The molecule has 0 aliphatic rings. The van der Waals surface area contributed by atoms with Crippen molar-refractivity contribution in [3.63, 3.8) is 0 Å². The zero-order valence-corrected chi connectivity index (χ0v) is 42.7. The molecule has 5 nitrogen and oxygen atoms in total. The Kier molecular flexibility index (Phi) is 46.0. The normalized spacial score (nSPS) is 11.9. The Balaban J connectivity index is 4.26. The first kappa shape index (κ1) is 59.9. The molecule has 0 saturated carbocycles. The number of ether oxygens (including phenoxy) is 1. The molecule has 0 aromatic rings. The quantitative estimate of drug-likeness (QED) is 0.0599. The Morgan fingerprint density at radius 2 is 0.721 bits per heavy atom. The van der Waals surface area contributed by atoms with Crippen molar-refractivity contribution in [3.05, 3.63) is 0 Å². The lowest BCUT2D eigenvalue weighted by molar-refractivity contribution is -0.126. The Morgan fingerprint density at radius 1 is 0.426 bits per heavy atom. The predicted molar refractivity (Wildman–Crippen MR) is 270 cm³/mol. The number of hydrogen-bond donors (Lipinski definition) is 2. The zero-order valence-electron chi connectivity index (χ0n) is 42.7. The Labute approximate surface area is 383 Å². The molecule has 0 radical (unpaired) electrons. The molecular weight excluding hydrogens is 749 g/mol. The van der Waals surface area contributed by atoms with Gasteiger partial charge in [-0.1, -0.05) is 259 Å². The van der Waals surface area contributed by atoms with E-state index in [1.165, 1.54) is 244 Å². The highest BCUT2D eigenvalue weighted by Gasteiger charge is 2.19. The maximum Gasteiger partial charge on any atom is 0.220 e. The molecule has 0 unspecified atom stereocenters. The summed E-state index contributed by atoms with van der Waals surface area (Å²) in [7, 11) is 0. The summed E-state index contributed by atoms with van der Waals surface area (Å²) in [4.78, 5) is 25.4. The summed E-state index contributed by atoms with van der Waals surface area (Å²) in [6.45, 7) is 15.3. The predicted octanol–water partition coefficient (Wildman–Crippen LogP) is 17.7. The van der Waals surface area contributed by atoms with Crippen LogP contribution < -0.4 is 10.6 Å². The van der Waals surface area contributed by atoms with Gasteiger partial charge in [-0.05, 0) is 51.4 Å². The van der Waals surface area contributed by atoms with Crippen LogP contribution in [-0.2, 0) is 14.3 Å². The van der Waals surface area contributed by atoms with Crippen molar-refractivity contribution < 1.29 is 14.3 Å². The standard InChI is InChI=1S/C56H112N2O3/c1-7-9-11-13-15-17-19-21-23-25-27-29-31-33-35-37-39-41-43-53(44-42-40-38-36-34-32-30-28-26-24-22-20-18-16-14-12-10-8-2)51-58-55(60)46-45-54(59)57-49-48-56(5,6)61-50-47-52(3)4/h52-53H,7-51H2,1-6H3,(H,57,59)(H,58,60). The number of hydrogen-bond acceptors (Lipinski definition) is 3. The maximum absolute atomic E-state index is 12.8. The Morgan fingerprint density at radius 3 is 1.03 bits per heavy atom. The fourth-order valence-electron chi connectivity index (χ4n) is 8.83. The van der Waals surface area contributed by atoms with Gasteiger partial charge in [0.25, 0.3) is 0 Å². The zero-order chi connectivity index (χ0) is 44.8. The molecule has 0 bridgehead atoms. The number of carbonyl (C=O) groups excluding carboxylic acids is 2. The summed E-state index contributed by atoms with van der Waals surface area (Å²) in [6, 6.07) is 0. The molecule has 364 valence electrons. The van der Waals surface area contributed by atoms with Crippen molar-refractivity contribution in [1.29, 1.82) is 0 Å². The molecule has 61 heavy (non-hydrogen) atoms. The second-order valence-electron chi connectivity index (χ2n) is 20.7. The van der Waals surface area contributed by atoms with Gasteiger partial charge in [0.15, 0.2) is 0 Å². The van der Waals surface area contributed by atoms with Crippen LogP contribution in [0.1, 0.15) is 311 Å². The SMILES string of the molecule is CCCCCCCCCCCCCCCCCCCCC(CCCCCCCCCCCCCCCCCCCC)CNC(=O)CCC(=O)NCCC(C)(C)OCCC(C)C. The lowest BCUT2D eigenvalue weighted by Crippen LogP contribution is -2.34. The third-order valence-corrected chi connectivity index (χ3v) is 13.3. The lowest BCUT2D eigenvalue weighted by atomic mass is 9.93. The summed E-state index contributed by atoms with van der Waals surface area (Å²) in [6.07, 6.45) is 55.4. The van der Waals surface area contributed by atoms with Crippen molar-refractivity contribution in [1.82, 2.24) is 10.6 Å². The van der Waals surface area contributed by atoms with E-state index in [4.69, 9.17) is 4.74 Å². The lowest BCUT2D eigenvalue weighted by Gasteiger charge is -2.26. The Hall–Kier alpha value is -1.10. The Bertz CT molecular complexity index is 864. The molecule has 2 N–H and O–H groups in total. The number of nitrogens with one attached hydrogen (secondary N) is 2. The summed E-state index contributed by atoms with van der Waals surface area (Å²) in [5, 5.41) is 6.24. The minimum Gasteiger partial charge on any atom is -0.375 e. The van der Waals surface area contributed by atoms with Gasteiger partial charge in [-0.3, -0.25) is 9.59 Å². The highest BCUT2D eigenvalue weighted by Crippen LogP contribution is 2.21. The van der Waals surface area contributed by atoms with Crippen molar-refractivity contribution in [2.24, 2.45) is 11.8 Å². The van der Waals surface area contributed by atoms with Gasteiger partial charge in [-0.25, -0.2) is 0 Å². The van der Waals surface area contributed by atoms with Gasteiger partial charge >= 0.3 is 0 Å². The third-order valence-electron chi connectivity index (χ3n) is 13.3. The smallest absolute Gasteiger partial charge is 0.220 e. The van der Waals surface area contributed by atoms with Gasteiger partial charge in [-0.15, -0.1) is 0 Å². The minimum atomic E-state index is -0.257. The van der Waals surface area contributed by atoms with Crippen LogP contribution in [0.4, 0.5) is 0 Å². The molecule has 0 aliphatic carbocycles. The molecule has 0 saturated heterocycles. The average Bonchev–Trinajstić information content (AvgIpc) is 3.23. The van der Waals surface area contributed by atoms with Crippen LogP contribution in [0.15, 0.2) is 0 Å². The van der Waals surface area contributed by atoms with Crippen LogP contribution >= 0.6 is 0 Å². The molecule has 0 atom stereocenters. The van der Waals surface area contributed by atoms with Crippen LogP contribution in [0.2, 0.25) is 0 Å². The second kappa shape index (κ2) is 46.9. The van der Waals surface area contributed by atoms with E-state index in [1.807, 2.05) is 0 Å². The first-order valence-corrected chi connectivity index (χ1v) is 27.9. The van der Waals surface area contributed by atoms with E-state index < -0.39 is 0 Å². The van der Waals surface area contributed by atoms with Gasteiger partial charge in [0, 0.05) is 32.5 Å². The molecule has 5 heteroatoms. The summed E-state index contributed by atoms with van der Waals surface area (Å²) in [5.41, 5.74) is -0.257. The van der Waals surface area contributed by atoms with E-state index in [2.05, 4.69) is 52.2 Å². The molecule has 0 fully saturated rings. The van der Waals surface area contributed by atoms with Crippen LogP contribution in [-0.4, -0.2) is 37.1 Å². The van der Waals surface area contributed by atoms with Crippen molar-refractivity contribution in [2.75, 3.05) is 19.7 Å². The van der Waals surface area contributed by atoms with E-state index in [0.29, 0.717) is 18.4 Å². The minimum absolute atomic E-state index is 0.0214. The van der Waals surface area contributed by atoms with Crippen LogP contribution in [0.25, 0.3) is 0 Å². The monoisotopic (exact) mass is 861 g/mol. The van der Waals surface area contributed by atoms with Gasteiger partial charge in [0.05, 0.1) is 5.60 Å². The topological polar surface area (TPSA) is 67.4 Å². The maximum atomic E-state index is 12.8. The van der Waals surface area contributed by atoms with E-state index in [9.17, 15) is 9.59 Å². The molecule has 0 rings (SSSR count). The second-order valence-corrected chi connectivity index (χ2v) is 20.7. The number of rotatable bonds is 50. The molecule has 0 aromatic heterocycles. The largest absolute Gasteiger partial charge is 0.375 e. The molecule has 0 aromatic carbocycles. The van der Waals surface area contributed by atoms with E-state index in [0.717, 1.165) is 26.0 Å². The summed E-state index contributed by atoms with van der Waals surface area (Å²) >= 11 is 0. The van der Waals surface area contributed by atoms with E-state index >= 15 is 0 Å². The number of carbonyl (C=O) groups is 2. The van der Waals surface area contributed by atoms with Crippen LogP contribution in [0, 0.1) is 11.8 Å². The number of amides is 2. The fraction of sp³-hybridized carbons (Fsp3) is 0.964. The number of unbranched alkanes of at least 4 members (excludes halogenated alkanes) is 34. The first-order chi connectivity index (χ1) is 29.7. The summed E-state index contributed by atoms with van der Waals surface area (Å²) in [5.74, 6) is 1.16. The van der Waals surface area contributed by atoms with E-state index in [-0.39, 0.29) is 30.3 Å². The van der Waals surface area contributed by atoms with Crippen molar-refractivity contribution >= 4 is 11.8 Å². The van der Waals surface area contributed by atoms with Gasteiger partial charge in [0.1, 0.15) is 0 Å². The third kappa shape index (κ3) is 48.2. The molecule has 2 amide bonds. The highest BCUT2D eigenvalue weighted by molar-refractivity contribution is 5.83. The fourth-order valence-corrected chi connectivity index (χ4v) is 8.83. The average molecular weight is 862 g/mol. The molecule has 0 aliphatic heterocycles. The molecule has 0 heterocycles. The van der Waals surface area contributed by atoms with Crippen LogP contribution in [0.3, 0.4) is 0 Å².